The standard InChI is InChI=1S/C15H20N4S/c16-15(20)18-9-13-7-5-12(6-8-13)3-1-2-4-14-10-17-11-19-14/h5-8,10-11H,1-4,9H2,(H,17,19)(H3,16,18,20). The van der Waals surface area contributed by atoms with Gasteiger partial charge in [-0.25, -0.2) is 4.98 Å². The van der Waals surface area contributed by atoms with Crippen LogP contribution in [0.15, 0.2) is 36.8 Å². The van der Waals surface area contributed by atoms with Crippen molar-refractivity contribution in [3.63, 3.8) is 0 Å². The van der Waals surface area contributed by atoms with E-state index in [4.69, 9.17) is 18.0 Å². The first-order chi connectivity index (χ1) is 9.74. The molecule has 0 aliphatic rings. The zero-order chi connectivity index (χ0) is 14.2. The second kappa shape index (κ2) is 7.65. The van der Waals surface area contributed by atoms with E-state index >= 15 is 0 Å². The molecule has 0 atom stereocenters. The molecule has 4 N–H and O–H groups in total. The topological polar surface area (TPSA) is 66.7 Å². The molecule has 106 valence electrons. The van der Waals surface area contributed by atoms with Gasteiger partial charge < -0.3 is 16.0 Å². The molecule has 1 heterocycles. The van der Waals surface area contributed by atoms with Gasteiger partial charge in [-0.15, -0.1) is 0 Å². The number of aryl methyl sites for hydroxylation is 2. The van der Waals surface area contributed by atoms with Gasteiger partial charge in [-0.2, -0.15) is 0 Å². The summed E-state index contributed by atoms with van der Waals surface area (Å²) >= 11 is 4.78. The maximum atomic E-state index is 5.40. The molecular formula is C15H20N4S. The fourth-order valence-corrected chi connectivity index (χ4v) is 2.15. The molecule has 1 aromatic carbocycles. The lowest BCUT2D eigenvalue weighted by molar-refractivity contribution is 0.725. The van der Waals surface area contributed by atoms with Crippen LogP contribution in [0.2, 0.25) is 0 Å². The Bertz CT molecular complexity index is 519. The Morgan fingerprint density at radius 3 is 2.50 bits per heavy atom. The van der Waals surface area contributed by atoms with Crippen molar-refractivity contribution in [1.82, 2.24) is 15.3 Å². The summed E-state index contributed by atoms with van der Waals surface area (Å²) in [6, 6.07) is 8.59. The average Bonchev–Trinajstić information content (AvgIpc) is 2.96. The number of aromatic amines is 1. The van der Waals surface area contributed by atoms with Crippen molar-refractivity contribution in [3.8, 4) is 0 Å². The highest BCUT2D eigenvalue weighted by Gasteiger charge is 1.98. The normalized spacial score (nSPS) is 10.4. The van der Waals surface area contributed by atoms with Gasteiger partial charge in [0.2, 0.25) is 0 Å². The Labute approximate surface area is 124 Å². The predicted molar refractivity (Wildman–Crippen MR) is 85.3 cm³/mol. The molecule has 0 bridgehead atoms. The van der Waals surface area contributed by atoms with Crippen LogP contribution in [0, 0.1) is 0 Å². The number of unbranched alkanes of at least 4 members (excludes halogenated alkanes) is 1. The Kier molecular flexibility index (Phi) is 5.55. The van der Waals surface area contributed by atoms with Gasteiger partial charge in [0, 0.05) is 18.4 Å². The molecule has 0 unspecified atom stereocenters. The summed E-state index contributed by atoms with van der Waals surface area (Å²) in [5, 5.41) is 3.29. The summed E-state index contributed by atoms with van der Waals surface area (Å²) in [6.45, 7) is 0.690. The lowest BCUT2D eigenvalue weighted by Crippen LogP contribution is -2.28. The molecule has 0 amide bonds. The van der Waals surface area contributed by atoms with Crippen molar-refractivity contribution < 1.29 is 0 Å². The van der Waals surface area contributed by atoms with Crippen molar-refractivity contribution in [2.45, 2.75) is 32.2 Å². The highest BCUT2D eigenvalue weighted by molar-refractivity contribution is 7.80. The first-order valence-electron chi connectivity index (χ1n) is 6.82. The van der Waals surface area contributed by atoms with Crippen LogP contribution in [0.4, 0.5) is 0 Å². The number of rotatable bonds is 7. The van der Waals surface area contributed by atoms with Crippen LogP contribution in [-0.4, -0.2) is 15.1 Å². The van der Waals surface area contributed by atoms with Gasteiger partial charge in [0.05, 0.1) is 6.33 Å². The van der Waals surface area contributed by atoms with Gasteiger partial charge in [-0.3, -0.25) is 0 Å². The molecule has 1 aromatic heterocycles. The quantitative estimate of drug-likeness (QED) is 0.540. The van der Waals surface area contributed by atoms with Crippen molar-refractivity contribution in [3.05, 3.63) is 53.6 Å². The van der Waals surface area contributed by atoms with E-state index in [1.807, 2.05) is 6.20 Å². The number of aromatic nitrogens is 2. The van der Waals surface area contributed by atoms with Crippen molar-refractivity contribution >= 4 is 17.3 Å². The molecule has 20 heavy (non-hydrogen) atoms. The van der Waals surface area contributed by atoms with Crippen LogP contribution in [-0.2, 0) is 19.4 Å². The molecular weight excluding hydrogens is 268 g/mol. The van der Waals surface area contributed by atoms with Gasteiger partial charge in [0.1, 0.15) is 0 Å². The summed E-state index contributed by atoms with van der Waals surface area (Å²) < 4.78 is 0. The van der Waals surface area contributed by atoms with E-state index < -0.39 is 0 Å². The molecule has 0 saturated heterocycles. The predicted octanol–water partition coefficient (Wildman–Crippen LogP) is 2.31. The first kappa shape index (κ1) is 14.5. The largest absolute Gasteiger partial charge is 0.376 e. The number of hydrogen-bond donors (Lipinski definition) is 3. The summed E-state index contributed by atoms with van der Waals surface area (Å²) in [5.41, 5.74) is 9.18. The van der Waals surface area contributed by atoms with Crippen LogP contribution in [0.5, 0.6) is 0 Å². The highest BCUT2D eigenvalue weighted by Crippen LogP contribution is 2.09. The van der Waals surface area contributed by atoms with E-state index in [0.29, 0.717) is 11.7 Å². The molecule has 0 spiro atoms. The SMILES string of the molecule is NC(=S)NCc1ccc(CCCCc2cnc[nH]2)cc1. The maximum absolute atomic E-state index is 5.40. The summed E-state index contributed by atoms with van der Waals surface area (Å²) in [5.74, 6) is 0. The number of benzene rings is 1. The summed E-state index contributed by atoms with van der Waals surface area (Å²) in [7, 11) is 0. The minimum Gasteiger partial charge on any atom is -0.376 e. The molecule has 5 heteroatoms. The molecule has 0 saturated carbocycles. The smallest absolute Gasteiger partial charge is 0.163 e. The van der Waals surface area contributed by atoms with E-state index in [2.05, 4.69) is 39.6 Å². The lowest BCUT2D eigenvalue weighted by atomic mass is 10.0. The Morgan fingerprint density at radius 1 is 1.15 bits per heavy atom. The highest BCUT2D eigenvalue weighted by atomic mass is 32.1. The number of nitrogens with two attached hydrogens (primary N) is 1. The molecule has 0 fully saturated rings. The third-order valence-corrected chi connectivity index (χ3v) is 3.35. The van der Waals surface area contributed by atoms with Gasteiger partial charge in [0.25, 0.3) is 0 Å². The number of nitrogens with one attached hydrogen (secondary N) is 2. The monoisotopic (exact) mass is 288 g/mol. The molecule has 2 aromatic rings. The minimum absolute atomic E-state index is 0.341. The van der Waals surface area contributed by atoms with Gasteiger partial charge >= 0.3 is 0 Å². The van der Waals surface area contributed by atoms with Crippen LogP contribution >= 0.6 is 12.2 Å². The summed E-state index contributed by atoms with van der Waals surface area (Å²) in [4.78, 5) is 7.15. The van der Waals surface area contributed by atoms with Crippen LogP contribution in [0.25, 0.3) is 0 Å². The van der Waals surface area contributed by atoms with Crippen LogP contribution in [0.1, 0.15) is 29.7 Å². The number of H-pyrrole nitrogens is 1. The van der Waals surface area contributed by atoms with Crippen molar-refractivity contribution in [2.75, 3.05) is 0 Å². The Balaban J connectivity index is 1.69. The van der Waals surface area contributed by atoms with E-state index in [0.717, 1.165) is 12.8 Å². The van der Waals surface area contributed by atoms with E-state index in [1.54, 1.807) is 6.33 Å². The zero-order valence-corrected chi connectivity index (χ0v) is 12.2. The molecule has 0 aliphatic heterocycles. The van der Waals surface area contributed by atoms with Gasteiger partial charge in [0.15, 0.2) is 5.11 Å². The number of imidazole rings is 1. The summed E-state index contributed by atoms with van der Waals surface area (Å²) in [6.07, 6.45) is 8.16. The van der Waals surface area contributed by atoms with E-state index in [1.165, 1.54) is 29.7 Å². The number of nitrogens with zero attached hydrogens (tertiary/aromatic N) is 1. The van der Waals surface area contributed by atoms with E-state index in [9.17, 15) is 0 Å². The van der Waals surface area contributed by atoms with Crippen molar-refractivity contribution in [1.29, 1.82) is 0 Å². The van der Waals surface area contributed by atoms with E-state index in [-0.39, 0.29) is 0 Å². The number of thiocarbonyl (C=S) groups is 1. The number of hydrogen-bond acceptors (Lipinski definition) is 2. The first-order valence-corrected chi connectivity index (χ1v) is 7.23. The third kappa shape index (κ3) is 5.01. The van der Waals surface area contributed by atoms with Crippen LogP contribution in [0.3, 0.4) is 0 Å². The fourth-order valence-electron chi connectivity index (χ4n) is 2.08. The molecule has 0 radical (unpaired) electrons. The van der Waals surface area contributed by atoms with Gasteiger partial charge in [-0.1, -0.05) is 24.3 Å². The second-order valence-electron chi connectivity index (χ2n) is 4.82. The molecule has 0 aliphatic carbocycles. The lowest BCUT2D eigenvalue weighted by Gasteiger charge is -2.06. The minimum atomic E-state index is 0.341. The zero-order valence-electron chi connectivity index (χ0n) is 11.4. The maximum Gasteiger partial charge on any atom is 0.163 e. The third-order valence-electron chi connectivity index (χ3n) is 3.21. The molecule has 4 nitrogen and oxygen atoms in total. The van der Waals surface area contributed by atoms with Gasteiger partial charge in [-0.05, 0) is 49.0 Å². The molecule has 2 rings (SSSR count). The second-order valence-corrected chi connectivity index (χ2v) is 5.26. The Hall–Kier alpha value is -1.88. The fraction of sp³-hybridized carbons (Fsp3) is 0.333. The van der Waals surface area contributed by atoms with Crippen molar-refractivity contribution in [2.24, 2.45) is 5.73 Å². The Morgan fingerprint density at radius 2 is 1.85 bits per heavy atom. The van der Waals surface area contributed by atoms with Crippen LogP contribution < -0.4 is 11.1 Å². The average molecular weight is 288 g/mol.